The zero-order valence-corrected chi connectivity index (χ0v) is 21.9. The van der Waals surface area contributed by atoms with Crippen molar-refractivity contribution in [3.05, 3.63) is 57.4 Å². The highest BCUT2D eigenvalue weighted by Gasteiger charge is 2.37. The molecule has 5 aromatic rings. The molecule has 0 unspecified atom stereocenters. The Morgan fingerprint density at radius 2 is 0.971 bits per heavy atom. The predicted octanol–water partition coefficient (Wildman–Crippen LogP) is 5.98. The Morgan fingerprint density at radius 3 is 1.32 bits per heavy atom. The summed E-state index contributed by atoms with van der Waals surface area (Å²) in [6.45, 7) is 18.0. The molecule has 6 rings (SSSR count). The Balaban J connectivity index is 1.85. The molecule has 0 fully saturated rings. The quantitative estimate of drug-likeness (QED) is 0.302. The van der Waals surface area contributed by atoms with Gasteiger partial charge in [-0.3, -0.25) is 0 Å². The van der Waals surface area contributed by atoms with Gasteiger partial charge in [0.2, 0.25) is 0 Å². The summed E-state index contributed by atoms with van der Waals surface area (Å²) in [4.78, 5) is 18.2. The van der Waals surface area contributed by atoms with Crippen molar-refractivity contribution in [3.8, 4) is 11.4 Å². The number of nitrogens with one attached hydrogen (secondary N) is 2. The van der Waals surface area contributed by atoms with Gasteiger partial charge in [0.05, 0.1) is 33.3 Å². The van der Waals surface area contributed by atoms with E-state index in [-0.39, 0.29) is 10.8 Å². The van der Waals surface area contributed by atoms with Crippen molar-refractivity contribution in [2.75, 3.05) is 0 Å². The fourth-order valence-electron chi connectivity index (χ4n) is 6.38. The molecule has 6 heteroatoms. The van der Waals surface area contributed by atoms with Crippen LogP contribution in [-0.2, 0) is 24.9 Å². The summed E-state index contributed by atoms with van der Waals surface area (Å²) in [7, 11) is 4.25. The summed E-state index contributed by atoms with van der Waals surface area (Å²) < 4.78 is 4.48. The second-order valence-electron chi connectivity index (χ2n) is 11.3. The Morgan fingerprint density at radius 1 is 0.618 bits per heavy atom. The van der Waals surface area contributed by atoms with Gasteiger partial charge in [0.15, 0.2) is 0 Å². The zero-order valence-electron chi connectivity index (χ0n) is 21.9. The Bertz CT molecular complexity index is 1540. The SMILES string of the molecule is Cc1c2[nH]c(c1C)C(C)(C)c1nc3c4nc(n(C)c4ccc3n1C)C(C)(C)c1[nH]c-2c(C)c1C. The maximum absolute atomic E-state index is 5.26. The molecule has 0 radical (unpaired) electrons. The van der Waals surface area contributed by atoms with E-state index in [2.05, 4.69) is 101 Å². The molecule has 5 heterocycles. The second kappa shape index (κ2) is 6.23. The molecule has 34 heavy (non-hydrogen) atoms. The van der Waals surface area contributed by atoms with Gasteiger partial charge in [-0.05, 0) is 89.8 Å². The molecule has 8 bridgehead atoms. The van der Waals surface area contributed by atoms with Crippen LogP contribution in [0.25, 0.3) is 33.5 Å². The van der Waals surface area contributed by atoms with Crippen LogP contribution >= 0.6 is 0 Å². The van der Waals surface area contributed by atoms with Crippen LogP contribution in [0.2, 0.25) is 0 Å². The molecule has 176 valence electrons. The molecule has 0 amide bonds. The third kappa shape index (κ3) is 2.31. The minimum atomic E-state index is -0.313. The van der Waals surface area contributed by atoms with Gasteiger partial charge in [0.25, 0.3) is 0 Å². The van der Waals surface area contributed by atoms with Crippen molar-refractivity contribution >= 4 is 22.1 Å². The minimum Gasteiger partial charge on any atom is -0.356 e. The number of aromatic amines is 2. The minimum absolute atomic E-state index is 0.313. The number of aryl methyl sites for hydroxylation is 2. The number of imidazole rings is 2. The number of nitrogens with zero attached hydrogens (tertiary/aromatic N) is 4. The maximum Gasteiger partial charge on any atom is 0.121 e. The van der Waals surface area contributed by atoms with Crippen molar-refractivity contribution in [1.82, 2.24) is 29.1 Å². The van der Waals surface area contributed by atoms with Gasteiger partial charge >= 0.3 is 0 Å². The summed E-state index contributed by atoms with van der Waals surface area (Å²) >= 11 is 0. The lowest BCUT2D eigenvalue weighted by molar-refractivity contribution is 0.549. The highest BCUT2D eigenvalue weighted by molar-refractivity contribution is 6.01. The van der Waals surface area contributed by atoms with Crippen molar-refractivity contribution in [2.24, 2.45) is 14.1 Å². The smallest absolute Gasteiger partial charge is 0.121 e. The van der Waals surface area contributed by atoms with Crippen LogP contribution in [0.15, 0.2) is 12.1 Å². The molecule has 0 aliphatic carbocycles. The first-order valence-electron chi connectivity index (χ1n) is 12.1. The lowest BCUT2D eigenvalue weighted by Crippen LogP contribution is -2.25. The molecular weight excluding hydrogens is 420 g/mol. The third-order valence-electron chi connectivity index (χ3n) is 8.65. The first-order chi connectivity index (χ1) is 15.9. The fraction of sp³-hybridized carbons (Fsp3) is 0.429. The lowest BCUT2D eigenvalue weighted by atomic mass is 9.85. The molecular formula is C28H34N6. The van der Waals surface area contributed by atoms with Gasteiger partial charge in [-0.15, -0.1) is 0 Å². The number of H-pyrrole nitrogens is 2. The van der Waals surface area contributed by atoms with E-state index >= 15 is 0 Å². The third-order valence-corrected chi connectivity index (χ3v) is 8.65. The Hall–Kier alpha value is -3.28. The van der Waals surface area contributed by atoms with Gasteiger partial charge in [0.1, 0.15) is 22.7 Å². The van der Waals surface area contributed by atoms with Crippen molar-refractivity contribution < 1.29 is 0 Å². The molecule has 2 N–H and O–H groups in total. The van der Waals surface area contributed by atoms with E-state index in [9.17, 15) is 0 Å². The highest BCUT2D eigenvalue weighted by Crippen LogP contribution is 2.43. The van der Waals surface area contributed by atoms with Crippen LogP contribution in [0.5, 0.6) is 0 Å². The Labute approximate surface area is 200 Å². The van der Waals surface area contributed by atoms with Gasteiger partial charge in [-0.25, -0.2) is 9.97 Å². The number of benzene rings is 1. The topological polar surface area (TPSA) is 67.2 Å². The largest absolute Gasteiger partial charge is 0.356 e. The zero-order chi connectivity index (χ0) is 24.5. The fourth-order valence-corrected chi connectivity index (χ4v) is 6.38. The van der Waals surface area contributed by atoms with E-state index in [0.29, 0.717) is 0 Å². The molecule has 1 aliphatic rings. The van der Waals surface area contributed by atoms with Crippen molar-refractivity contribution in [2.45, 2.75) is 66.2 Å². The summed E-state index contributed by atoms with van der Waals surface area (Å²) in [6.07, 6.45) is 0. The van der Waals surface area contributed by atoms with Crippen LogP contribution in [0, 0.1) is 27.7 Å². The van der Waals surface area contributed by atoms with Crippen molar-refractivity contribution in [1.29, 1.82) is 0 Å². The number of aromatic nitrogens is 6. The first-order valence-corrected chi connectivity index (χ1v) is 12.1. The number of rotatable bonds is 0. The average molecular weight is 455 g/mol. The van der Waals surface area contributed by atoms with Crippen LogP contribution < -0.4 is 0 Å². The van der Waals surface area contributed by atoms with E-state index < -0.39 is 0 Å². The molecule has 0 saturated carbocycles. The van der Waals surface area contributed by atoms with Gasteiger partial charge in [0, 0.05) is 25.5 Å². The van der Waals surface area contributed by atoms with E-state index in [1.54, 1.807) is 0 Å². The average Bonchev–Trinajstić information content (AvgIpc) is 3.47. The normalized spacial score (nSPS) is 16.4. The monoisotopic (exact) mass is 454 g/mol. The van der Waals surface area contributed by atoms with Gasteiger partial charge < -0.3 is 19.1 Å². The van der Waals surface area contributed by atoms with E-state index in [1.165, 1.54) is 45.0 Å². The molecule has 0 atom stereocenters. The molecule has 1 aromatic carbocycles. The maximum atomic E-state index is 5.26. The summed E-state index contributed by atoms with van der Waals surface area (Å²) in [5.74, 6) is 2.07. The molecule has 4 aromatic heterocycles. The van der Waals surface area contributed by atoms with E-state index in [4.69, 9.17) is 9.97 Å². The van der Waals surface area contributed by atoms with Crippen LogP contribution in [-0.4, -0.2) is 29.1 Å². The van der Waals surface area contributed by atoms with E-state index in [1.807, 2.05) is 0 Å². The molecule has 0 spiro atoms. The molecule has 6 nitrogen and oxygen atoms in total. The van der Waals surface area contributed by atoms with Gasteiger partial charge in [-0.2, -0.15) is 0 Å². The number of hydrogen-bond acceptors (Lipinski definition) is 2. The Kier molecular flexibility index (Phi) is 3.90. The first kappa shape index (κ1) is 21.3. The summed E-state index contributed by atoms with van der Waals surface area (Å²) in [6, 6.07) is 4.38. The lowest BCUT2D eigenvalue weighted by Gasteiger charge is -2.25. The van der Waals surface area contributed by atoms with Crippen LogP contribution in [0.4, 0.5) is 0 Å². The molecule has 0 saturated heterocycles. The number of hydrogen-bond donors (Lipinski definition) is 2. The summed E-state index contributed by atoms with van der Waals surface area (Å²) in [5.41, 5.74) is 13.5. The number of fused-ring (bicyclic) bond motifs is 7. The van der Waals surface area contributed by atoms with Crippen molar-refractivity contribution in [3.63, 3.8) is 0 Å². The summed E-state index contributed by atoms with van der Waals surface area (Å²) in [5, 5.41) is 0. The van der Waals surface area contributed by atoms with E-state index in [0.717, 1.165) is 33.7 Å². The second-order valence-corrected chi connectivity index (χ2v) is 11.3. The van der Waals surface area contributed by atoms with Crippen LogP contribution in [0.3, 0.4) is 0 Å². The van der Waals surface area contributed by atoms with Gasteiger partial charge in [-0.1, -0.05) is 0 Å². The standard InChI is InChI=1S/C28H34N6/c1-13-15(3)23-27(5,6)25-31-21-17(33(25)9)11-12-18-22(21)32-26(34(18)10)28(7,8)24-16(4)14(2)20(30-24)19(13)29-23/h11-12,29-30H,1-10H3. The van der Waals surface area contributed by atoms with Crippen LogP contribution in [0.1, 0.15) is 73.0 Å². The predicted molar refractivity (Wildman–Crippen MR) is 139 cm³/mol. The highest BCUT2D eigenvalue weighted by atomic mass is 15.1. The molecule has 1 aliphatic heterocycles.